The van der Waals surface area contributed by atoms with E-state index in [1.807, 2.05) is 0 Å². The van der Waals surface area contributed by atoms with Gasteiger partial charge in [-0.15, -0.1) is 0 Å². The van der Waals surface area contributed by atoms with Gasteiger partial charge in [-0.1, -0.05) is 54.0 Å². The highest BCUT2D eigenvalue weighted by Crippen LogP contribution is 2.45. The molecule has 0 aromatic carbocycles. The number of Topliss-reactive ketones (excluding diaryl/α,β-unsaturated/α-hetero) is 1. The van der Waals surface area contributed by atoms with Crippen molar-refractivity contribution in [3.63, 3.8) is 0 Å². The van der Waals surface area contributed by atoms with Crippen LogP contribution in [0.5, 0.6) is 0 Å². The van der Waals surface area contributed by atoms with E-state index in [1.54, 1.807) is 0 Å². The van der Waals surface area contributed by atoms with E-state index in [2.05, 4.69) is 48.5 Å². The van der Waals surface area contributed by atoms with Gasteiger partial charge in [0, 0.05) is 6.42 Å². The van der Waals surface area contributed by atoms with Crippen LogP contribution in [-0.4, -0.2) is 5.78 Å². The van der Waals surface area contributed by atoms with Crippen molar-refractivity contribution in [3.8, 4) is 0 Å². The highest BCUT2D eigenvalue weighted by molar-refractivity contribution is 5.97. The zero-order valence-corrected chi connectivity index (χ0v) is 14.0. The SMILES string of the molecule is CC(C)CC1=C(C(C)C)C(=O)CC(C)(CC(C)C)C1. The summed E-state index contributed by atoms with van der Waals surface area (Å²) in [5, 5.41) is 0. The first-order chi connectivity index (χ1) is 8.64. The van der Waals surface area contributed by atoms with Crippen LogP contribution in [0.4, 0.5) is 0 Å². The molecule has 110 valence electrons. The van der Waals surface area contributed by atoms with Gasteiger partial charge in [0.1, 0.15) is 0 Å². The fraction of sp³-hybridized carbons (Fsp3) is 0.833. The molecule has 0 heterocycles. The quantitative estimate of drug-likeness (QED) is 0.649. The first-order valence-electron chi connectivity index (χ1n) is 7.89. The molecule has 1 heteroatoms. The van der Waals surface area contributed by atoms with Crippen LogP contribution in [-0.2, 0) is 4.79 Å². The van der Waals surface area contributed by atoms with Crippen molar-refractivity contribution in [2.75, 3.05) is 0 Å². The Hall–Kier alpha value is -0.590. The van der Waals surface area contributed by atoms with Gasteiger partial charge in [0.15, 0.2) is 5.78 Å². The van der Waals surface area contributed by atoms with Crippen molar-refractivity contribution in [1.82, 2.24) is 0 Å². The molecule has 0 aromatic heterocycles. The molecule has 19 heavy (non-hydrogen) atoms. The largest absolute Gasteiger partial charge is 0.295 e. The molecule has 0 N–H and O–H groups in total. The number of rotatable bonds is 5. The lowest BCUT2D eigenvalue weighted by Gasteiger charge is -2.38. The summed E-state index contributed by atoms with van der Waals surface area (Å²) in [6, 6.07) is 0. The minimum Gasteiger partial charge on any atom is -0.295 e. The fourth-order valence-corrected chi connectivity index (χ4v) is 3.89. The Kier molecular flexibility index (Phi) is 5.41. The Morgan fingerprint density at radius 3 is 2.00 bits per heavy atom. The average Bonchev–Trinajstić information content (AvgIpc) is 2.10. The summed E-state index contributed by atoms with van der Waals surface area (Å²) in [6.45, 7) is 15.7. The number of allylic oxidation sites excluding steroid dienone is 2. The third-order valence-electron chi connectivity index (χ3n) is 4.04. The van der Waals surface area contributed by atoms with Crippen LogP contribution in [0.15, 0.2) is 11.1 Å². The third kappa shape index (κ3) is 4.47. The Morgan fingerprint density at radius 1 is 1.00 bits per heavy atom. The van der Waals surface area contributed by atoms with Crippen molar-refractivity contribution in [3.05, 3.63) is 11.1 Å². The molecule has 1 unspecified atom stereocenters. The molecule has 0 bridgehead atoms. The maximum absolute atomic E-state index is 12.6. The summed E-state index contributed by atoms with van der Waals surface area (Å²) in [5.74, 6) is 2.10. The molecule has 0 fully saturated rings. The predicted molar refractivity (Wildman–Crippen MR) is 83.1 cm³/mol. The van der Waals surface area contributed by atoms with E-state index in [9.17, 15) is 4.79 Å². The molecule has 0 saturated carbocycles. The van der Waals surface area contributed by atoms with E-state index < -0.39 is 0 Å². The summed E-state index contributed by atoms with van der Waals surface area (Å²) in [4.78, 5) is 12.6. The monoisotopic (exact) mass is 264 g/mol. The van der Waals surface area contributed by atoms with E-state index in [-0.39, 0.29) is 5.41 Å². The van der Waals surface area contributed by atoms with Crippen LogP contribution >= 0.6 is 0 Å². The van der Waals surface area contributed by atoms with Crippen LogP contribution in [0.2, 0.25) is 0 Å². The number of carbonyl (C=O) groups is 1. The summed E-state index contributed by atoms with van der Waals surface area (Å²) >= 11 is 0. The molecular weight excluding hydrogens is 232 g/mol. The molecule has 0 aromatic rings. The standard InChI is InChI=1S/C18H32O/c1-12(2)8-15-10-18(7,9-13(3)4)11-16(19)17(15)14(5)6/h12-14H,8-11H2,1-7H3. The van der Waals surface area contributed by atoms with Gasteiger partial charge in [0.2, 0.25) is 0 Å². The minimum absolute atomic E-state index is 0.188. The van der Waals surface area contributed by atoms with E-state index >= 15 is 0 Å². The van der Waals surface area contributed by atoms with Gasteiger partial charge in [-0.2, -0.15) is 0 Å². The summed E-state index contributed by atoms with van der Waals surface area (Å²) in [5.41, 5.74) is 2.78. The highest BCUT2D eigenvalue weighted by Gasteiger charge is 2.37. The predicted octanol–water partition coefficient (Wildman–Crippen LogP) is 5.40. The molecular formula is C18H32O. The van der Waals surface area contributed by atoms with Gasteiger partial charge in [-0.25, -0.2) is 0 Å². The van der Waals surface area contributed by atoms with Gasteiger partial charge < -0.3 is 0 Å². The van der Waals surface area contributed by atoms with Crippen LogP contribution < -0.4 is 0 Å². The normalized spacial score (nSPS) is 25.1. The van der Waals surface area contributed by atoms with Crippen molar-refractivity contribution >= 4 is 5.78 Å². The van der Waals surface area contributed by atoms with Gasteiger partial charge in [-0.05, 0) is 48.0 Å². The molecule has 0 saturated heterocycles. The molecule has 1 nitrogen and oxygen atoms in total. The Labute approximate surface area is 119 Å². The van der Waals surface area contributed by atoms with Crippen molar-refractivity contribution in [2.45, 2.75) is 74.1 Å². The molecule has 1 aliphatic carbocycles. The second-order valence-electron chi connectivity index (χ2n) is 7.96. The van der Waals surface area contributed by atoms with Gasteiger partial charge >= 0.3 is 0 Å². The maximum Gasteiger partial charge on any atom is 0.159 e. The molecule has 0 radical (unpaired) electrons. The lowest BCUT2D eigenvalue weighted by atomic mass is 9.66. The van der Waals surface area contributed by atoms with E-state index in [0.29, 0.717) is 23.5 Å². The zero-order valence-electron chi connectivity index (χ0n) is 14.0. The van der Waals surface area contributed by atoms with E-state index in [0.717, 1.165) is 31.3 Å². The number of hydrogen-bond acceptors (Lipinski definition) is 1. The van der Waals surface area contributed by atoms with Crippen molar-refractivity contribution < 1.29 is 4.79 Å². The summed E-state index contributed by atoms with van der Waals surface area (Å²) in [7, 11) is 0. The van der Waals surface area contributed by atoms with Crippen LogP contribution in [0, 0.1) is 23.2 Å². The second-order valence-corrected chi connectivity index (χ2v) is 7.96. The zero-order chi connectivity index (χ0) is 14.8. The highest BCUT2D eigenvalue weighted by atomic mass is 16.1. The number of hydrogen-bond donors (Lipinski definition) is 0. The average molecular weight is 264 g/mol. The topological polar surface area (TPSA) is 17.1 Å². The van der Waals surface area contributed by atoms with Crippen molar-refractivity contribution in [2.24, 2.45) is 23.2 Å². The summed E-state index contributed by atoms with van der Waals surface area (Å²) < 4.78 is 0. The fourth-order valence-electron chi connectivity index (χ4n) is 3.89. The van der Waals surface area contributed by atoms with Gasteiger partial charge in [0.25, 0.3) is 0 Å². The molecule has 1 atom stereocenters. The summed E-state index contributed by atoms with van der Waals surface area (Å²) in [6.07, 6.45) is 4.13. The van der Waals surface area contributed by atoms with Crippen LogP contribution in [0.3, 0.4) is 0 Å². The van der Waals surface area contributed by atoms with Gasteiger partial charge in [0.05, 0.1) is 0 Å². The van der Waals surface area contributed by atoms with Crippen LogP contribution in [0.25, 0.3) is 0 Å². The van der Waals surface area contributed by atoms with Crippen LogP contribution in [0.1, 0.15) is 74.1 Å². The minimum atomic E-state index is 0.188. The Morgan fingerprint density at radius 2 is 1.58 bits per heavy atom. The smallest absolute Gasteiger partial charge is 0.159 e. The maximum atomic E-state index is 12.6. The second kappa shape index (κ2) is 6.24. The molecule has 1 rings (SSSR count). The molecule has 0 spiro atoms. The van der Waals surface area contributed by atoms with Crippen molar-refractivity contribution in [1.29, 1.82) is 0 Å². The van der Waals surface area contributed by atoms with E-state index in [1.165, 1.54) is 5.57 Å². The molecule has 0 aliphatic heterocycles. The van der Waals surface area contributed by atoms with Gasteiger partial charge in [-0.3, -0.25) is 4.79 Å². The molecule has 0 amide bonds. The Balaban J connectivity index is 3.07. The number of ketones is 1. The number of carbonyl (C=O) groups excluding carboxylic acids is 1. The lowest BCUT2D eigenvalue weighted by Crippen LogP contribution is -2.31. The first kappa shape index (κ1) is 16.5. The Bertz CT molecular complexity index is 360. The third-order valence-corrected chi connectivity index (χ3v) is 4.04. The first-order valence-corrected chi connectivity index (χ1v) is 7.89. The van der Waals surface area contributed by atoms with E-state index in [4.69, 9.17) is 0 Å². The molecule has 1 aliphatic rings. The lowest BCUT2D eigenvalue weighted by molar-refractivity contribution is -0.119.